The van der Waals surface area contributed by atoms with Crippen LogP contribution in [0.15, 0.2) is 0 Å². The van der Waals surface area contributed by atoms with Crippen molar-refractivity contribution in [2.75, 3.05) is 39.6 Å². The molecule has 0 spiro atoms. The van der Waals surface area contributed by atoms with E-state index in [4.69, 9.17) is 37.0 Å². The fourth-order valence-electron chi connectivity index (χ4n) is 14.3. The number of carbonyl (C=O) groups is 4. The lowest BCUT2D eigenvalue weighted by atomic mass is 9.99. The standard InChI is InChI=1S/C92H180O17P2/c1-8-12-13-14-15-42-52-59-66-73-89(94)102-79-87(108-91(96)76-69-62-55-48-41-35-29-28-32-38-45-51-58-65-72-85(7)11-4)81-106-110(98,99)104-77-86(93)78-105-111(100,101)107-82-88(109-92(97)75-68-61-54-47-40-34-27-23-19-17-21-25-31-37-44-50-57-64-71-84(6)10-3)80-103-90(95)74-67-60-53-46-39-33-26-22-18-16-20-24-30-36-43-49-56-63-70-83(5)9-2/h83-88,93H,8-82H2,1-7H3,(H,98,99)(H,100,101)/t83?,84?,85?,86-,87+,88+/m0/s1. The van der Waals surface area contributed by atoms with Crippen molar-refractivity contribution in [3.8, 4) is 0 Å². The van der Waals surface area contributed by atoms with Gasteiger partial charge in [0.25, 0.3) is 0 Å². The summed E-state index contributed by atoms with van der Waals surface area (Å²) < 4.78 is 69.0. The van der Waals surface area contributed by atoms with Gasteiger partial charge in [-0.2, -0.15) is 0 Å². The van der Waals surface area contributed by atoms with E-state index in [0.717, 1.165) is 108 Å². The SMILES string of the molecule is CCCCCCCCCCCC(=O)OC[C@H](COP(=O)(O)OC[C@H](O)COP(=O)(O)OC[C@@H](COC(=O)CCCCCCCCCCCCCCCCCCCCC(C)CC)OC(=O)CCCCCCCCCCCCCCCCCCCCC(C)CC)OC(=O)CCCCCCCCCCCCCCCCC(C)CC. The Kier molecular flexibility index (Phi) is 80.4. The molecule has 0 amide bonds. The number of phosphoric acid groups is 2. The molecular formula is C92H180O17P2. The summed E-state index contributed by atoms with van der Waals surface area (Å²) in [6.45, 7) is 12.2. The van der Waals surface area contributed by atoms with Crippen LogP contribution in [-0.2, 0) is 65.4 Å². The van der Waals surface area contributed by atoms with E-state index in [0.29, 0.717) is 25.7 Å². The van der Waals surface area contributed by atoms with Gasteiger partial charge in [-0.25, -0.2) is 9.13 Å². The van der Waals surface area contributed by atoms with Gasteiger partial charge in [0.1, 0.15) is 19.3 Å². The van der Waals surface area contributed by atoms with Crippen LogP contribution >= 0.6 is 15.6 Å². The van der Waals surface area contributed by atoms with Crippen LogP contribution in [0.5, 0.6) is 0 Å². The number of hydrogen-bond donors (Lipinski definition) is 3. The summed E-state index contributed by atoms with van der Waals surface area (Å²) in [5, 5.41) is 10.7. The molecule has 111 heavy (non-hydrogen) atoms. The van der Waals surface area contributed by atoms with Crippen molar-refractivity contribution in [2.24, 2.45) is 17.8 Å². The maximum Gasteiger partial charge on any atom is 0.472 e. The van der Waals surface area contributed by atoms with Crippen molar-refractivity contribution in [1.29, 1.82) is 0 Å². The molecule has 0 radical (unpaired) electrons. The molecule has 0 aromatic heterocycles. The molecule has 0 saturated carbocycles. The van der Waals surface area contributed by atoms with Crippen molar-refractivity contribution < 1.29 is 80.2 Å². The van der Waals surface area contributed by atoms with Gasteiger partial charge in [-0.1, -0.05) is 440 Å². The third kappa shape index (κ3) is 81.6. The molecule has 0 aliphatic rings. The van der Waals surface area contributed by atoms with Crippen LogP contribution in [0.4, 0.5) is 0 Å². The Morgan fingerprint density at radius 2 is 0.432 bits per heavy atom. The molecular weight excluding hydrogens is 1440 g/mol. The van der Waals surface area contributed by atoms with E-state index in [9.17, 15) is 43.2 Å². The van der Waals surface area contributed by atoms with Crippen LogP contribution in [0.1, 0.15) is 492 Å². The van der Waals surface area contributed by atoms with Gasteiger partial charge >= 0.3 is 39.5 Å². The Labute approximate surface area is 683 Å². The van der Waals surface area contributed by atoms with Gasteiger partial charge < -0.3 is 33.8 Å². The van der Waals surface area contributed by atoms with Crippen molar-refractivity contribution >= 4 is 39.5 Å². The maximum atomic E-state index is 13.2. The van der Waals surface area contributed by atoms with Crippen molar-refractivity contribution in [1.82, 2.24) is 0 Å². The molecule has 8 atom stereocenters. The molecule has 0 aliphatic carbocycles. The average Bonchev–Trinajstić information content (AvgIpc) is 0.896. The first kappa shape index (κ1) is 109. The molecule has 3 N–H and O–H groups in total. The highest BCUT2D eigenvalue weighted by Crippen LogP contribution is 2.45. The van der Waals surface area contributed by atoms with Crippen LogP contribution in [0, 0.1) is 17.8 Å². The lowest BCUT2D eigenvalue weighted by Gasteiger charge is -2.21. The number of aliphatic hydroxyl groups is 1. The molecule has 0 aromatic rings. The van der Waals surface area contributed by atoms with Crippen molar-refractivity contribution in [2.45, 2.75) is 510 Å². The number of rotatable bonds is 90. The Morgan fingerprint density at radius 3 is 0.640 bits per heavy atom. The van der Waals surface area contributed by atoms with E-state index in [1.54, 1.807) is 0 Å². The smallest absolute Gasteiger partial charge is 0.462 e. The Bertz CT molecular complexity index is 2140. The van der Waals surface area contributed by atoms with Crippen LogP contribution in [0.2, 0.25) is 0 Å². The highest BCUT2D eigenvalue weighted by Gasteiger charge is 2.31. The number of aliphatic hydroxyl groups excluding tert-OH is 1. The van der Waals surface area contributed by atoms with Crippen molar-refractivity contribution in [3.05, 3.63) is 0 Å². The molecule has 17 nitrogen and oxygen atoms in total. The zero-order chi connectivity index (χ0) is 81.5. The highest BCUT2D eigenvalue weighted by molar-refractivity contribution is 7.47. The summed E-state index contributed by atoms with van der Waals surface area (Å²) in [5.41, 5.74) is 0. The van der Waals surface area contributed by atoms with E-state index < -0.39 is 97.5 Å². The average molecular weight is 1620 g/mol. The first-order chi connectivity index (χ1) is 53.8. The number of carbonyl (C=O) groups excluding carboxylic acids is 4. The molecule has 0 bridgehead atoms. The number of unbranched alkanes of at least 4 members (excludes halogenated alkanes) is 55. The van der Waals surface area contributed by atoms with Gasteiger partial charge in [-0.15, -0.1) is 0 Å². The second-order valence-electron chi connectivity index (χ2n) is 33.8. The first-order valence-electron chi connectivity index (χ1n) is 47.5. The molecule has 0 rings (SSSR count). The molecule has 19 heteroatoms. The quantitative estimate of drug-likeness (QED) is 0.0222. The summed E-state index contributed by atoms with van der Waals surface area (Å²) >= 11 is 0. The van der Waals surface area contributed by atoms with E-state index in [1.807, 2.05) is 0 Å². The summed E-state index contributed by atoms with van der Waals surface area (Å²) in [7, 11) is -9.93. The summed E-state index contributed by atoms with van der Waals surface area (Å²) in [6.07, 6.45) is 75.0. The van der Waals surface area contributed by atoms with E-state index in [2.05, 4.69) is 48.5 Å². The number of phosphoric ester groups is 2. The minimum Gasteiger partial charge on any atom is -0.462 e. The zero-order valence-electron chi connectivity index (χ0n) is 73.4. The third-order valence-electron chi connectivity index (χ3n) is 22.7. The minimum atomic E-state index is -4.97. The van der Waals surface area contributed by atoms with Crippen LogP contribution in [-0.4, -0.2) is 96.7 Å². The molecule has 0 aliphatic heterocycles. The Morgan fingerprint density at radius 1 is 0.252 bits per heavy atom. The van der Waals surface area contributed by atoms with Gasteiger partial charge in [0.05, 0.1) is 26.4 Å². The fourth-order valence-corrected chi connectivity index (χ4v) is 15.9. The van der Waals surface area contributed by atoms with E-state index in [1.165, 1.54) is 302 Å². The Hall–Kier alpha value is -1.94. The summed E-state index contributed by atoms with van der Waals surface area (Å²) in [5.74, 6) is 0.492. The Balaban J connectivity index is 5.20. The monoisotopic (exact) mass is 1620 g/mol. The maximum absolute atomic E-state index is 13.2. The topological polar surface area (TPSA) is 237 Å². The minimum absolute atomic E-state index is 0.108. The normalized spacial score (nSPS) is 14.5. The molecule has 0 aromatic carbocycles. The predicted octanol–water partition coefficient (Wildman–Crippen LogP) is 28.4. The molecule has 0 saturated heterocycles. The molecule has 5 unspecified atom stereocenters. The van der Waals surface area contributed by atoms with Crippen LogP contribution < -0.4 is 0 Å². The second-order valence-corrected chi connectivity index (χ2v) is 36.7. The van der Waals surface area contributed by atoms with E-state index in [-0.39, 0.29) is 25.7 Å². The molecule has 660 valence electrons. The molecule has 0 fully saturated rings. The second kappa shape index (κ2) is 81.8. The fraction of sp³-hybridized carbons (Fsp3) is 0.957. The van der Waals surface area contributed by atoms with Gasteiger partial charge in [0, 0.05) is 25.7 Å². The predicted molar refractivity (Wildman–Crippen MR) is 460 cm³/mol. The van der Waals surface area contributed by atoms with Crippen LogP contribution in [0.3, 0.4) is 0 Å². The van der Waals surface area contributed by atoms with E-state index >= 15 is 0 Å². The number of ether oxygens (including phenoxy) is 4. The lowest BCUT2D eigenvalue weighted by Crippen LogP contribution is -2.30. The largest absolute Gasteiger partial charge is 0.472 e. The van der Waals surface area contributed by atoms with Crippen molar-refractivity contribution in [3.63, 3.8) is 0 Å². The van der Waals surface area contributed by atoms with Gasteiger partial charge in [-0.3, -0.25) is 37.3 Å². The number of hydrogen-bond acceptors (Lipinski definition) is 15. The highest BCUT2D eigenvalue weighted by atomic mass is 31.2. The van der Waals surface area contributed by atoms with Gasteiger partial charge in [0.15, 0.2) is 12.2 Å². The van der Waals surface area contributed by atoms with Gasteiger partial charge in [-0.05, 0) is 43.4 Å². The van der Waals surface area contributed by atoms with Gasteiger partial charge in [0.2, 0.25) is 0 Å². The first-order valence-corrected chi connectivity index (χ1v) is 50.5. The zero-order valence-corrected chi connectivity index (χ0v) is 75.2. The van der Waals surface area contributed by atoms with Crippen LogP contribution in [0.25, 0.3) is 0 Å². The number of esters is 4. The summed E-state index contributed by atoms with van der Waals surface area (Å²) in [4.78, 5) is 73.4. The lowest BCUT2D eigenvalue weighted by molar-refractivity contribution is -0.161. The molecule has 0 heterocycles. The summed E-state index contributed by atoms with van der Waals surface area (Å²) in [6, 6.07) is 0. The third-order valence-corrected chi connectivity index (χ3v) is 24.6.